The molecule has 2 aliphatic rings. The number of hydrogen-bond donors (Lipinski definition) is 0. The number of carbonyl (C=O) groups is 1. The molecule has 2 fully saturated rings. The Hall–Kier alpha value is -1.31. The number of hydrogen-bond acceptors (Lipinski definition) is 1. The third kappa shape index (κ3) is 3.23. The molecule has 0 unspecified atom stereocenters. The molecule has 1 aliphatic heterocycles. The van der Waals surface area contributed by atoms with E-state index in [-0.39, 0.29) is 0 Å². The fourth-order valence-corrected chi connectivity index (χ4v) is 3.43. The van der Waals surface area contributed by atoms with Gasteiger partial charge in [-0.1, -0.05) is 36.8 Å². The SMILES string of the molecule is O=C(C1CCC1)N1CCC[C@@H](CCc2ccccc2)C1. The van der Waals surface area contributed by atoms with Crippen LogP contribution in [0.5, 0.6) is 0 Å². The lowest BCUT2D eigenvalue weighted by atomic mass is 9.83. The first-order chi connectivity index (χ1) is 9.83. The van der Waals surface area contributed by atoms with Gasteiger partial charge in [0.05, 0.1) is 0 Å². The van der Waals surface area contributed by atoms with Crippen molar-refractivity contribution >= 4 is 5.91 Å². The molecule has 0 radical (unpaired) electrons. The van der Waals surface area contributed by atoms with Crippen molar-refractivity contribution in [2.75, 3.05) is 13.1 Å². The molecule has 2 nitrogen and oxygen atoms in total. The normalized spacial score (nSPS) is 23.4. The summed E-state index contributed by atoms with van der Waals surface area (Å²) in [6.07, 6.45) is 8.37. The first-order valence-electron chi connectivity index (χ1n) is 8.15. The van der Waals surface area contributed by atoms with Gasteiger partial charge in [-0.15, -0.1) is 0 Å². The number of benzene rings is 1. The van der Waals surface area contributed by atoms with Crippen LogP contribution in [0.1, 0.15) is 44.1 Å². The summed E-state index contributed by atoms with van der Waals surface area (Å²) >= 11 is 0. The Labute approximate surface area is 122 Å². The molecule has 1 aliphatic carbocycles. The van der Waals surface area contributed by atoms with Crippen LogP contribution in [0, 0.1) is 11.8 Å². The van der Waals surface area contributed by atoms with Crippen LogP contribution < -0.4 is 0 Å². The van der Waals surface area contributed by atoms with Crippen LogP contribution >= 0.6 is 0 Å². The molecule has 3 rings (SSSR count). The van der Waals surface area contributed by atoms with Gasteiger partial charge < -0.3 is 4.90 Å². The third-order valence-electron chi connectivity index (χ3n) is 4.97. The minimum Gasteiger partial charge on any atom is -0.342 e. The second-order valence-corrected chi connectivity index (χ2v) is 6.44. The minimum atomic E-state index is 0.364. The highest BCUT2D eigenvalue weighted by atomic mass is 16.2. The van der Waals surface area contributed by atoms with Crippen molar-refractivity contribution in [3.63, 3.8) is 0 Å². The molecule has 0 aromatic heterocycles. The molecule has 1 amide bonds. The fraction of sp³-hybridized carbons (Fsp3) is 0.611. The number of aryl methyl sites for hydroxylation is 1. The first kappa shape index (κ1) is 13.7. The summed E-state index contributed by atoms with van der Waals surface area (Å²) in [5.41, 5.74) is 1.43. The van der Waals surface area contributed by atoms with E-state index in [0.717, 1.165) is 32.4 Å². The second-order valence-electron chi connectivity index (χ2n) is 6.44. The number of amides is 1. The van der Waals surface area contributed by atoms with Crippen LogP contribution in [0.15, 0.2) is 30.3 Å². The van der Waals surface area contributed by atoms with E-state index in [1.54, 1.807) is 0 Å². The average molecular weight is 271 g/mol. The van der Waals surface area contributed by atoms with E-state index in [0.29, 0.717) is 17.7 Å². The van der Waals surface area contributed by atoms with Gasteiger partial charge >= 0.3 is 0 Å². The Morgan fingerprint density at radius 1 is 1.10 bits per heavy atom. The number of piperidine rings is 1. The van der Waals surface area contributed by atoms with E-state index in [1.807, 2.05) is 0 Å². The van der Waals surface area contributed by atoms with Gasteiger partial charge in [-0.3, -0.25) is 4.79 Å². The van der Waals surface area contributed by atoms with Gasteiger partial charge in [0.25, 0.3) is 0 Å². The summed E-state index contributed by atoms with van der Waals surface area (Å²) in [6, 6.07) is 10.7. The lowest BCUT2D eigenvalue weighted by Gasteiger charge is -2.37. The molecule has 1 aromatic carbocycles. The maximum absolute atomic E-state index is 12.3. The van der Waals surface area contributed by atoms with E-state index >= 15 is 0 Å². The molecule has 0 N–H and O–H groups in total. The molecular weight excluding hydrogens is 246 g/mol. The number of likely N-dealkylation sites (tertiary alicyclic amines) is 1. The Morgan fingerprint density at radius 2 is 1.90 bits per heavy atom. The van der Waals surface area contributed by atoms with E-state index < -0.39 is 0 Å². The molecule has 1 saturated heterocycles. The summed E-state index contributed by atoms with van der Waals surface area (Å²) in [7, 11) is 0. The predicted octanol–water partition coefficient (Wildman–Crippen LogP) is 3.66. The largest absolute Gasteiger partial charge is 0.342 e. The smallest absolute Gasteiger partial charge is 0.225 e. The monoisotopic (exact) mass is 271 g/mol. The molecule has 108 valence electrons. The van der Waals surface area contributed by atoms with Gasteiger partial charge in [0.1, 0.15) is 0 Å². The summed E-state index contributed by atoms with van der Waals surface area (Å²) in [6.45, 7) is 2.00. The number of nitrogens with zero attached hydrogens (tertiary/aromatic N) is 1. The van der Waals surface area contributed by atoms with E-state index in [2.05, 4.69) is 35.2 Å². The van der Waals surface area contributed by atoms with Crippen LogP contribution in [-0.4, -0.2) is 23.9 Å². The van der Waals surface area contributed by atoms with Gasteiger partial charge in [0.15, 0.2) is 0 Å². The average Bonchev–Trinajstić information content (AvgIpc) is 2.45. The summed E-state index contributed by atoms with van der Waals surface area (Å²) in [5.74, 6) is 1.51. The summed E-state index contributed by atoms with van der Waals surface area (Å²) < 4.78 is 0. The maximum Gasteiger partial charge on any atom is 0.225 e. The Bertz CT molecular complexity index is 438. The highest BCUT2D eigenvalue weighted by Gasteiger charge is 2.31. The lowest BCUT2D eigenvalue weighted by molar-refractivity contribution is -0.140. The van der Waals surface area contributed by atoms with Crippen molar-refractivity contribution < 1.29 is 4.79 Å². The number of carbonyl (C=O) groups excluding carboxylic acids is 1. The van der Waals surface area contributed by atoms with Gasteiger partial charge in [-0.25, -0.2) is 0 Å². The van der Waals surface area contributed by atoms with Gasteiger partial charge in [-0.2, -0.15) is 0 Å². The number of rotatable bonds is 4. The molecule has 1 heterocycles. The van der Waals surface area contributed by atoms with Crippen LogP contribution in [-0.2, 0) is 11.2 Å². The highest BCUT2D eigenvalue weighted by Crippen LogP contribution is 2.30. The van der Waals surface area contributed by atoms with Crippen molar-refractivity contribution in [1.29, 1.82) is 0 Å². The van der Waals surface area contributed by atoms with Crippen LogP contribution in [0.25, 0.3) is 0 Å². The summed E-state index contributed by atoms with van der Waals surface area (Å²) in [4.78, 5) is 14.5. The van der Waals surface area contributed by atoms with Crippen LogP contribution in [0.3, 0.4) is 0 Å². The minimum absolute atomic E-state index is 0.364. The Morgan fingerprint density at radius 3 is 2.60 bits per heavy atom. The third-order valence-corrected chi connectivity index (χ3v) is 4.97. The van der Waals surface area contributed by atoms with Gasteiger partial charge in [0, 0.05) is 19.0 Å². The molecule has 20 heavy (non-hydrogen) atoms. The molecule has 0 bridgehead atoms. The summed E-state index contributed by atoms with van der Waals surface area (Å²) in [5, 5.41) is 0. The fourth-order valence-electron chi connectivity index (χ4n) is 3.43. The van der Waals surface area contributed by atoms with Crippen molar-refractivity contribution in [3.8, 4) is 0 Å². The van der Waals surface area contributed by atoms with E-state index in [9.17, 15) is 4.79 Å². The zero-order chi connectivity index (χ0) is 13.8. The highest BCUT2D eigenvalue weighted by molar-refractivity contribution is 5.79. The molecule has 1 aromatic rings. The van der Waals surface area contributed by atoms with E-state index in [1.165, 1.54) is 31.2 Å². The van der Waals surface area contributed by atoms with Gasteiger partial charge in [-0.05, 0) is 50.0 Å². The van der Waals surface area contributed by atoms with Crippen molar-refractivity contribution in [2.24, 2.45) is 11.8 Å². The molecule has 1 atom stereocenters. The molecule has 1 saturated carbocycles. The second kappa shape index (κ2) is 6.43. The van der Waals surface area contributed by atoms with Crippen molar-refractivity contribution in [1.82, 2.24) is 4.90 Å². The van der Waals surface area contributed by atoms with Crippen LogP contribution in [0.2, 0.25) is 0 Å². The predicted molar refractivity (Wildman–Crippen MR) is 81.4 cm³/mol. The first-order valence-corrected chi connectivity index (χ1v) is 8.15. The zero-order valence-corrected chi connectivity index (χ0v) is 12.3. The molecule has 2 heteroatoms. The Kier molecular flexibility index (Phi) is 4.39. The van der Waals surface area contributed by atoms with Gasteiger partial charge in [0.2, 0.25) is 5.91 Å². The quantitative estimate of drug-likeness (QED) is 0.818. The molecular formula is C18H25NO. The van der Waals surface area contributed by atoms with E-state index in [4.69, 9.17) is 0 Å². The van der Waals surface area contributed by atoms with Crippen molar-refractivity contribution in [2.45, 2.75) is 44.9 Å². The topological polar surface area (TPSA) is 20.3 Å². The maximum atomic E-state index is 12.3. The standard InChI is InChI=1S/C18H25NO/c20-18(17-9-4-10-17)19-13-5-8-16(14-19)12-11-15-6-2-1-3-7-15/h1-3,6-7,16-17H,4-5,8-14H2/t16-/m0/s1. The van der Waals surface area contributed by atoms with Crippen LogP contribution in [0.4, 0.5) is 0 Å². The Balaban J connectivity index is 1.49. The van der Waals surface area contributed by atoms with Crippen molar-refractivity contribution in [3.05, 3.63) is 35.9 Å². The lowest BCUT2D eigenvalue weighted by Crippen LogP contribution is -2.44. The molecule has 0 spiro atoms. The zero-order valence-electron chi connectivity index (χ0n) is 12.3.